The Bertz CT molecular complexity index is 689. The number of esters is 1. The van der Waals surface area contributed by atoms with Gasteiger partial charge in [0.25, 0.3) is 0 Å². The lowest BCUT2D eigenvalue weighted by atomic mass is 9.72. The number of rotatable bonds is 2. The molecule has 0 N–H and O–H groups in total. The van der Waals surface area contributed by atoms with E-state index in [1.807, 2.05) is 4.90 Å². The highest BCUT2D eigenvalue weighted by molar-refractivity contribution is 8.01. The molecule has 3 aliphatic heterocycles. The Labute approximate surface area is 140 Å². The highest BCUT2D eigenvalue weighted by atomic mass is 32.2. The molecule has 1 aromatic rings. The SMILES string of the molecule is COC(=O)[C@@H]1[C@H]2C[C@@H]1N(C(=O)C1Cc3ccc(C)cc3S1)[C@H]2C. The number of benzene rings is 1. The standard InChI is InChI=1S/C18H21NO3S/c1-9-4-5-11-7-15(23-14(11)6-9)17(20)19-10(2)12-8-13(19)16(12)18(21)22-3/h4-6,10,12-13,15-16H,7-8H2,1-3H3/t10-,12-,13-,15?,16+/m0/s1. The van der Waals surface area contributed by atoms with E-state index in [0.717, 1.165) is 12.8 Å². The molecular weight excluding hydrogens is 310 g/mol. The van der Waals surface area contributed by atoms with E-state index in [0.29, 0.717) is 0 Å². The van der Waals surface area contributed by atoms with Gasteiger partial charge in [0.2, 0.25) is 5.91 Å². The fraction of sp³-hybridized carbons (Fsp3) is 0.556. The zero-order chi connectivity index (χ0) is 16.3. The lowest BCUT2D eigenvalue weighted by molar-refractivity contribution is -0.152. The molecule has 0 spiro atoms. The van der Waals surface area contributed by atoms with Crippen molar-refractivity contribution in [3.8, 4) is 0 Å². The van der Waals surface area contributed by atoms with Gasteiger partial charge in [-0.3, -0.25) is 9.59 Å². The second-order valence-corrected chi connectivity index (χ2v) is 8.17. The van der Waals surface area contributed by atoms with Gasteiger partial charge in [-0.1, -0.05) is 17.7 Å². The molecule has 3 fully saturated rings. The Balaban J connectivity index is 1.52. The predicted molar refractivity (Wildman–Crippen MR) is 88.2 cm³/mol. The molecule has 2 saturated heterocycles. The fourth-order valence-corrected chi connectivity index (χ4v) is 5.77. The Kier molecular flexibility index (Phi) is 3.45. The van der Waals surface area contributed by atoms with Crippen molar-refractivity contribution in [2.45, 2.75) is 48.9 Å². The van der Waals surface area contributed by atoms with Crippen molar-refractivity contribution >= 4 is 23.6 Å². The molecule has 3 heterocycles. The van der Waals surface area contributed by atoms with Gasteiger partial charge in [-0.2, -0.15) is 0 Å². The molecule has 23 heavy (non-hydrogen) atoms. The van der Waals surface area contributed by atoms with Gasteiger partial charge in [0.05, 0.1) is 18.3 Å². The average Bonchev–Trinajstić information content (AvgIpc) is 3.14. The van der Waals surface area contributed by atoms with Gasteiger partial charge in [0.1, 0.15) is 0 Å². The molecule has 5 atom stereocenters. The molecule has 1 unspecified atom stereocenters. The van der Waals surface area contributed by atoms with Gasteiger partial charge in [-0.15, -0.1) is 11.8 Å². The minimum absolute atomic E-state index is 0.0426. The molecule has 0 aromatic heterocycles. The maximum Gasteiger partial charge on any atom is 0.311 e. The zero-order valence-corrected chi connectivity index (χ0v) is 14.4. The molecule has 5 heteroatoms. The first-order valence-electron chi connectivity index (χ1n) is 8.17. The molecule has 122 valence electrons. The van der Waals surface area contributed by atoms with Gasteiger partial charge < -0.3 is 9.64 Å². The smallest absolute Gasteiger partial charge is 0.311 e. The molecule has 1 aromatic carbocycles. The third-order valence-electron chi connectivity index (χ3n) is 5.71. The number of hydrogen-bond donors (Lipinski definition) is 0. The van der Waals surface area contributed by atoms with Gasteiger partial charge in [-0.05, 0) is 44.2 Å². The van der Waals surface area contributed by atoms with Crippen LogP contribution in [0, 0.1) is 18.8 Å². The highest BCUT2D eigenvalue weighted by Gasteiger charge is 2.62. The number of thioether (sulfide) groups is 1. The number of nitrogens with zero attached hydrogens (tertiary/aromatic N) is 1. The molecular formula is C18H21NO3S. The largest absolute Gasteiger partial charge is 0.469 e. The van der Waals surface area contributed by atoms with Crippen LogP contribution in [0.3, 0.4) is 0 Å². The first-order valence-corrected chi connectivity index (χ1v) is 9.05. The summed E-state index contributed by atoms with van der Waals surface area (Å²) in [6, 6.07) is 6.59. The lowest BCUT2D eigenvalue weighted by Crippen LogP contribution is -2.47. The number of carbonyl (C=O) groups is 2. The van der Waals surface area contributed by atoms with Crippen molar-refractivity contribution in [2.24, 2.45) is 11.8 Å². The first-order chi connectivity index (χ1) is 11.0. The maximum atomic E-state index is 13.1. The van der Waals surface area contributed by atoms with Crippen LogP contribution in [0.5, 0.6) is 0 Å². The Morgan fingerprint density at radius 2 is 2.13 bits per heavy atom. The number of fused-ring (bicyclic) bond motifs is 2. The molecule has 1 saturated carbocycles. The van der Waals surface area contributed by atoms with Crippen LogP contribution in [0.4, 0.5) is 0 Å². The van der Waals surface area contributed by atoms with Crippen LogP contribution in [0.15, 0.2) is 23.1 Å². The van der Waals surface area contributed by atoms with Gasteiger partial charge in [0.15, 0.2) is 0 Å². The average molecular weight is 331 g/mol. The summed E-state index contributed by atoms with van der Waals surface area (Å²) in [6.07, 6.45) is 1.73. The summed E-state index contributed by atoms with van der Waals surface area (Å²) in [7, 11) is 1.43. The van der Waals surface area contributed by atoms with Crippen LogP contribution in [0.25, 0.3) is 0 Å². The number of methoxy groups -OCH3 is 1. The molecule has 1 amide bonds. The molecule has 2 bridgehead atoms. The first kappa shape index (κ1) is 15.1. The van der Waals surface area contributed by atoms with E-state index >= 15 is 0 Å². The second-order valence-electron chi connectivity index (χ2n) is 6.92. The third kappa shape index (κ3) is 2.12. The second kappa shape index (κ2) is 5.26. The summed E-state index contributed by atoms with van der Waals surface area (Å²) >= 11 is 1.68. The molecule has 4 aliphatic rings. The van der Waals surface area contributed by atoms with E-state index in [9.17, 15) is 9.59 Å². The summed E-state index contributed by atoms with van der Waals surface area (Å²) in [5.41, 5.74) is 2.49. The van der Waals surface area contributed by atoms with Crippen LogP contribution in [0.2, 0.25) is 0 Å². The lowest BCUT2D eigenvalue weighted by Gasteiger charge is -2.34. The Morgan fingerprint density at radius 3 is 2.87 bits per heavy atom. The van der Waals surface area contributed by atoms with Gasteiger partial charge in [-0.25, -0.2) is 0 Å². The van der Waals surface area contributed by atoms with E-state index in [1.165, 1.54) is 23.1 Å². The van der Waals surface area contributed by atoms with Crippen LogP contribution in [-0.4, -0.2) is 41.2 Å². The molecule has 4 nitrogen and oxygen atoms in total. The van der Waals surface area contributed by atoms with Crippen molar-refractivity contribution in [2.75, 3.05) is 7.11 Å². The van der Waals surface area contributed by atoms with Crippen molar-refractivity contribution in [1.82, 2.24) is 4.90 Å². The maximum absolute atomic E-state index is 13.1. The predicted octanol–water partition coefficient (Wildman–Crippen LogP) is 2.42. The van der Waals surface area contributed by atoms with Crippen molar-refractivity contribution < 1.29 is 14.3 Å². The highest BCUT2D eigenvalue weighted by Crippen LogP contribution is 2.52. The normalized spacial score (nSPS) is 34.0. The molecule has 1 aliphatic carbocycles. The Hall–Kier alpha value is -1.49. The minimum Gasteiger partial charge on any atom is -0.469 e. The van der Waals surface area contributed by atoms with Crippen LogP contribution < -0.4 is 0 Å². The third-order valence-corrected chi connectivity index (χ3v) is 6.99. The number of amides is 1. The monoisotopic (exact) mass is 331 g/mol. The van der Waals surface area contributed by atoms with Gasteiger partial charge in [0, 0.05) is 17.0 Å². The molecule has 5 rings (SSSR count). The van der Waals surface area contributed by atoms with E-state index in [1.54, 1.807) is 11.8 Å². The van der Waals surface area contributed by atoms with Crippen LogP contribution in [-0.2, 0) is 20.7 Å². The van der Waals surface area contributed by atoms with E-state index < -0.39 is 0 Å². The van der Waals surface area contributed by atoms with Gasteiger partial charge >= 0.3 is 5.97 Å². The zero-order valence-electron chi connectivity index (χ0n) is 13.6. The minimum atomic E-state index is -0.161. The summed E-state index contributed by atoms with van der Waals surface area (Å²) in [4.78, 5) is 28.2. The number of aryl methyl sites for hydroxylation is 1. The van der Waals surface area contributed by atoms with E-state index in [2.05, 4.69) is 32.0 Å². The Morgan fingerprint density at radius 1 is 1.35 bits per heavy atom. The summed E-state index contributed by atoms with van der Waals surface area (Å²) in [5.74, 6) is 0.184. The number of hydrogen-bond acceptors (Lipinski definition) is 4. The van der Waals surface area contributed by atoms with Crippen molar-refractivity contribution in [1.29, 1.82) is 0 Å². The molecule has 0 radical (unpaired) electrons. The van der Waals surface area contributed by atoms with E-state index in [-0.39, 0.29) is 41.0 Å². The van der Waals surface area contributed by atoms with Crippen molar-refractivity contribution in [3.05, 3.63) is 29.3 Å². The van der Waals surface area contributed by atoms with Crippen LogP contribution >= 0.6 is 11.8 Å². The number of ether oxygens (including phenoxy) is 1. The number of carbonyl (C=O) groups excluding carboxylic acids is 2. The topological polar surface area (TPSA) is 46.6 Å². The fourth-order valence-electron chi connectivity index (χ4n) is 4.42. The summed E-state index contributed by atoms with van der Waals surface area (Å²) in [6.45, 7) is 4.15. The summed E-state index contributed by atoms with van der Waals surface area (Å²) < 4.78 is 4.92. The van der Waals surface area contributed by atoms with Crippen molar-refractivity contribution in [3.63, 3.8) is 0 Å². The summed E-state index contributed by atoms with van der Waals surface area (Å²) in [5, 5.41) is -0.0492. The van der Waals surface area contributed by atoms with Crippen LogP contribution in [0.1, 0.15) is 24.5 Å². The quantitative estimate of drug-likeness (QED) is 0.781. The van der Waals surface area contributed by atoms with E-state index in [4.69, 9.17) is 4.74 Å².